The Morgan fingerprint density at radius 2 is 1.72 bits per heavy atom. The van der Waals surface area contributed by atoms with Crippen LogP contribution in [0.1, 0.15) is 24.5 Å². The third kappa shape index (κ3) is 4.00. The van der Waals surface area contributed by atoms with Crippen LogP contribution in [0.3, 0.4) is 0 Å². The summed E-state index contributed by atoms with van der Waals surface area (Å²) in [5.41, 5.74) is 0.953. The third-order valence-electron chi connectivity index (χ3n) is 4.51. The van der Waals surface area contributed by atoms with Gasteiger partial charge in [0.1, 0.15) is 6.04 Å². The first-order chi connectivity index (χ1) is 13.6. The number of esters is 1. The zero-order valence-corrected chi connectivity index (χ0v) is 16.5. The fourth-order valence-corrected chi connectivity index (χ4v) is 4.51. The minimum Gasteiger partial charge on any atom is -0.464 e. The van der Waals surface area contributed by atoms with Gasteiger partial charge < -0.3 is 4.74 Å². The summed E-state index contributed by atoms with van der Waals surface area (Å²) in [5.74, 6) is -5.24. The number of carbonyl (C=O) groups is 1. The second kappa shape index (κ2) is 7.90. The van der Waals surface area contributed by atoms with E-state index in [0.717, 1.165) is 28.2 Å². The molecular weight excluding hydrogens is 407 g/mol. The number of ether oxygens (including phenoxy) is 1. The Bertz CT molecular complexity index is 1060. The molecular formula is C20H18F3NO4S. The maximum atomic E-state index is 13.6. The van der Waals surface area contributed by atoms with Crippen molar-refractivity contribution in [3.63, 3.8) is 0 Å². The molecule has 0 radical (unpaired) electrons. The van der Waals surface area contributed by atoms with E-state index in [9.17, 15) is 26.4 Å². The number of halogens is 3. The zero-order chi connectivity index (χ0) is 21.3. The molecule has 0 unspecified atom stereocenters. The predicted octanol–water partition coefficient (Wildman–Crippen LogP) is 3.78. The van der Waals surface area contributed by atoms with E-state index < -0.39 is 39.5 Å². The predicted molar refractivity (Wildman–Crippen MR) is 99.5 cm³/mol. The second-order valence-electron chi connectivity index (χ2n) is 6.53. The second-order valence-corrected chi connectivity index (χ2v) is 8.37. The maximum absolute atomic E-state index is 13.6. The van der Waals surface area contributed by atoms with Gasteiger partial charge >= 0.3 is 5.97 Å². The third-order valence-corrected chi connectivity index (χ3v) is 6.30. The fourth-order valence-electron chi connectivity index (χ4n) is 3.02. The van der Waals surface area contributed by atoms with Gasteiger partial charge in [0, 0.05) is 12.6 Å². The summed E-state index contributed by atoms with van der Waals surface area (Å²) in [4.78, 5) is 12.3. The molecule has 1 atom stereocenters. The number of rotatable bonds is 5. The first kappa shape index (κ1) is 20.9. The smallest absolute Gasteiger partial charge is 0.330 e. The molecule has 0 saturated carbocycles. The summed E-state index contributed by atoms with van der Waals surface area (Å²) in [6.45, 7) is 3.40. The molecule has 1 heterocycles. The minimum absolute atomic E-state index is 0.0306. The molecule has 0 spiro atoms. The average Bonchev–Trinajstić information content (AvgIpc) is 3.13. The summed E-state index contributed by atoms with van der Waals surface area (Å²) < 4.78 is 72.5. The SMILES string of the molecule is CCOC(=O)[C@@H]1CC(c2cc(F)c(F)c(F)c2)=CN1S(=O)(=O)c1ccc(C)cc1. The molecule has 0 amide bonds. The maximum Gasteiger partial charge on any atom is 0.330 e. The Labute approximate surface area is 166 Å². The van der Waals surface area contributed by atoms with Gasteiger partial charge in [-0.05, 0) is 49.2 Å². The van der Waals surface area contributed by atoms with Gasteiger partial charge in [0.15, 0.2) is 17.5 Å². The van der Waals surface area contributed by atoms with E-state index in [2.05, 4.69) is 0 Å². The molecule has 5 nitrogen and oxygen atoms in total. The minimum atomic E-state index is -4.14. The highest BCUT2D eigenvalue weighted by Crippen LogP contribution is 2.35. The molecule has 2 aromatic carbocycles. The molecule has 0 saturated heterocycles. The van der Waals surface area contributed by atoms with Crippen molar-refractivity contribution in [3.05, 3.63) is 71.2 Å². The highest BCUT2D eigenvalue weighted by atomic mass is 32.2. The van der Waals surface area contributed by atoms with E-state index in [1.165, 1.54) is 12.1 Å². The largest absolute Gasteiger partial charge is 0.464 e. The van der Waals surface area contributed by atoms with Gasteiger partial charge in [-0.3, -0.25) is 4.31 Å². The summed E-state index contributed by atoms with van der Waals surface area (Å²) in [6.07, 6.45) is 0.956. The number of carbonyl (C=O) groups excluding carboxylic acids is 1. The number of nitrogens with zero attached hydrogens (tertiary/aromatic N) is 1. The van der Waals surface area contributed by atoms with Crippen molar-refractivity contribution in [2.75, 3.05) is 6.61 Å². The number of benzene rings is 2. The first-order valence-corrected chi connectivity index (χ1v) is 10.2. The molecule has 1 aliphatic rings. The van der Waals surface area contributed by atoms with Crippen molar-refractivity contribution in [2.24, 2.45) is 0 Å². The molecule has 29 heavy (non-hydrogen) atoms. The highest BCUT2D eigenvalue weighted by molar-refractivity contribution is 7.89. The van der Waals surface area contributed by atoms with Crippen molar-refractivity contribution in [3.8, 4) is 0 Å². The topological polar surface area (TPSA) is 63.7 Å². The van der Waals surface area contributed by atoms with E-state index in [0.29, 0.717) is 0 Å². The molecule has 0 aromatic heterocycles. The lowest BCUT2D eigenvalue weighted by molar-refractivity contribution is -0.146. The quantitative estimate of drug-likeness (QED) is 0.540. The lowest BCUT2D eigenvalue weighted by Crippen LogP contribution is -2.39. The van der Waals surface area contributed by atoms with E-state index in [4.69, 9.17) is 4.74 Å². The molecule has 1 aliphatic heterocycles. The van der Waals surface area contributed by atoms with E-state index in [1.807, 2.05) is 0 Å². The Morgan fingerprint density at radius 3 is 2.28 bits per heavy atom. The van der Waals surface area contributed by atoms with Crippen LogP contribution in [-0.4, -0.2) is 31.3 Å². The summed E-state index contributed by atoms with van der Waals surface area (Å²) in [5, 5.41) is 0. The van der Waals surface area contributed by atoms with Crippen LogP contribution in [0, 0.1) is 24.4 Å². The molecule has 0 fully saturated rings. The lowest BCUT2D eigenvalue weighted by Gasteiger charge is -2.23. The standard InChI is InChI=1S/C20H18F3NO4S/c1-3-28-20(25)18-10-14(13-8-16(21)19(23)17(22)9-13)11-24(18)29(26,27)15-6-4-12(2)5-7-15/h4-9,11,18H,3,10H2,1-2H3/t18-/m0/s1. The number of sulfonamides is 1. The molecule has 0 bridgehead atoms. The van der Waals surface area contributed by atoms with Gasteiger partial charge in [-0.1, -0.05) is 17.7 Å². The van der Waals surface area contributed by atoms with E-state index in [1.54, 1.807) is 26.0 Å². The van der Waals surface area contributed by atoms with Crippen molar-refractivity contribution in [1.29, 1.82) is 0 Å². The molecule has 0 aliphatic carbocycles. The monoisotopic (exact) mass is 425 g/mol. The Kier molecular flexibility index (Phi) is 5.70. The van der Waals surface area contributed by atoms with E-state index in [-0.39, 0.29) is 29.1 Å². The van der Waals surface area contributed by atoms with Crippen LogP contribution in [0.2, 0.25) is 0 Å². The summed E-state index contributed by atoms with van der Waals surface area (Å²) in [6, 6.07) is 6.29. The van der Waals surface area contributed by atoms with Crippen LogP contribution in [0.5, 0.6) is 0 Å². The van der Waals surface area contributed by atoms with Crippen LogP contribution >= 0.6 is 0 Å². The normalized spacial score (nSPS) is 16.7. The highest BCUT2D eigenvalue weighted by Gasteiger charge is 2.40. The number of hydrogen-bond donors (Lipinski definition) is 0. The summed E-state index contributed by atoms with van der Waals surface area (Å²) >= 11 is 0. The molecule has 0 N–H and O–H groups in total. The Hall–Kier alpha value is -2.81. The number of aryl methyl sites for hydroxylation is 1. The van der Waals surface area contributed by atoms with Crippen LogP contribution in [0.25, 0.3) is 5.57 Å². The van der Waals surface area contributed by atoms with Gasteiger partial charge in [0.2, 0.25) is 0 Å². The van der Waals surface area contributed by atoms with Crippen molar-refractivity contribution in [2.45, 2.75) is 31.2 Å². The first-order valence-electron chi connectivity index (χ1n) is 8.77. The average molecular weight is 425 g/mol. The molecule has 3 rings (SSSR count). The lowest BCUT2D eigenvalue weighted by atomic mass is 10.0. The number of hydrogen-bond acceptors (Lipinski definition) is 4. The molecule has 9 heteroatoms. The van der Waals surface area contributed by atoms with Crippen molar-refractivity contribution < 1.29 is 31.1 Å². The Balaban J connectivity index is 2.07. The van der Waals surface area contributed by atoms with Crippen LogP contribution in [-0.2, 0) is 19.6 Å². The van der Waals surface area contributed by atoms with Crippen molar-refractivity contribution in [1.82, 2.24) is 4.31 Å². The molecule has 2 aromatic rings. The van der Waals surface area contributed by atoms with Crippen LogP contribution < -0.4 is 0 Å². The van der Waals surface area contributed by atoms with Crippen LogP contribution in [0.4, 0.5) is 13.2 Å². The fraction of sp³-hybridized carbons (Fsp3) is 0.250. The van der Waals surface area contributed by atoms with Crippen molar-refractivity contribution >= 4 is 21.6 Å². The van der Waals surface area contributed by atoms with Gasteiger partial charge in [0.05, 0.1) is 11.5 Å². The zero-order valence-electron chi connectivity index (χ0n) is 15.7. The van der Waals surface area contributed by atoms with E-state index >= 15 is 0 Å². The Morgan fingerprint density at radius 1 is 1.14 bits per heavy atom. The summed E-state index contributed by atoms with van der Waals surface area (Å²) in [7, 11) is -4.14. The van der Waals surface area contributed by atoms with Gasteiger partial charge in [-0.25, -0.2) is 26.4 Å². The molecule has 154 valence electrons. The van der Waals surface area contributed by atoms with Gasteiger partial charge in [-0.15, -0.1) is 0 Å². The van der Waals surface area contributed by atoms with Crippen LogP contribution in [0.15, 0.2) is 47.5 Å². The van der Waals surface area contributed by atoms with Gasteiger partial charge in [-0.2, -0.15) is 0 Å². The van der Waals surface area contributed by atoms with Gasteiger partial charge in [0.25, 0.3) is 10.0 Å².